The van der Waals surface area contributed by atoms with Crippen LogP contribution >= 0.6 is 23.7 Å². The number of hydrogen-bond donors (Lipinski definition) is 1. The second-order valence-electron chi connectivity index (χ2n) is 9.10. The third-order valence-corrected chi connectivity index (χ3v) is 8.21. The molecule has 2 heterocycles. The number of carbonyl (C=O) groups is 1. The fourth-order valence-corrected chi connectivity index (χ4v) is 6.57. The van der Waals surface area contributed by atoms with Crippen molar-refractivity contribution in [2.24, 2.45) is 11.8 Å². The van der Waals surface area contributed by atoms with Gasteiger partial charge in [0, 0.05) is 43.0 Å². The molecular weight excluding hydrogens is 480 g/mol. The average molecular weight is 515 g/mol. The van der Waals surface area contributed by atoms with Crippen LogP contribution in [0, 0.1) is 11.8 Å². The molecule has 0 unspecified atom stereocenters. The molecule has 7 nitrogen and oxygen atoms in total. The monoisotopic (exact) mass is 514 g/mol. The predicted octanol–water partition coefficient (Wildman–Crippen LogP) is 4.50. The van der Waals surface area contributed by atoms with Crippen molar-refractivity contribution in [1.82, 2.24) is 14.2 Å². The molecule has 1 aliphatic heterocycles. The van der Waals surface area contributed by atoms with E-state index in [9.17, 15) is 13.2 Å². The van der Waals surface area contributed by atoms with Crippen molar-refractivity contribution in [3.8, 4) is 0 Å². The number of fused-ring (bicyclic) bond motifs is 1. The summed E-state index contributed by atoms with van der Waals surface area (Å²) in [5.41, 5.74) is 1.47. The quantitative estimate of drug-likeness (QED) is 0.532. The Bertz CT molecular complexity index is 1030. The van der Waals surface area contributed by atoms with Crippen molar-refractivity contribution >= 4 is 44.8 Å². The van der Waals surface area contributed by atoms with Gasteiger partial charge in [0.25, 0.3) is 5.91 Å². The van der Waals surface area contributed by atoms with Gasteiger partial charge in [0.1, 0.15) is 0 Å². The summed E-state index contributed by atoms with van der Waals surface area (Å²) >= 11 is 1.51. The SMILES string of the molecule is CCN1CCc2nc(NC(=O)c3ccc(S(=O)(=O)N(CC(C)C)CC(C)C)cc3)sc2C1.Cl. The van der Waals surface area contributed by atoms with E-state index < -0.39 is 10.0 Å². The molecule has 1 N–H and O–H groups in total. The van der Waals surface area contributed by atoms with Gasteiger partial charge < -0.3 is 0 Å². The largest absolute Gasteiger partial charge is 0.298 e. The molecule has 0 saturated carbocycles. The lowest BCUT2D eigenvalue weighted by Gasteiger charge is -2.25. The van der Waals surface area contributed by atoms with Gasteiger partial charge in [0.15, 0.2) is 5.13 Å². The molecule has 1 aromatic heterocycles. The minimum absolute atomic E-state index is 0. The summed E-state index contributed by atoms with van der Waals surface area (Å²) in [5, 5.41) is 3.46. The Balaban J connectivity index is 0.00000385. The molecule has 0 fully saturated rings. The Kier molecular flexibility index (Phi) is 9.87. The highest BCUT2D eigenvalue weighted by molar-refractivity contribution is 7.89. The van der Waals surface area contributed by atoms with Crippen LogP contribution in [0.25, 0.3) is 0 Å². The second kappa shape index (κ2) is 11.8. The van der Waals surface area contributed by atoms with Gasteiger partial charge in [-0.3, -0.25) is 15.0 Å². The Morgan fingerprint density at radius 1 is 1.15 bits per heavy atom. The molecule has 1 aliphatic rings. The Hall–Kier alpha value is -1.52. The highest BCUT2D eigenvalue weighted by atomic mass is 35.5. The van der Waals surface area contributed by atoms with E-state index in [4.69, 9.17) is 0 Å². The molecule has 1 aromatic carbocycles. The van der Waals surface area contributed by atoms with Crippen molar-refractivity contribution < 1.29 is 13.2 Å². The van der Waals surface area contributed by atoms with E-state index in [-0.39, 0.29) is 35.0 Å². The minimum Gasteiger partial charge on any atom is -0.298 e. The summed E-state index contributed by atoms with van der Waals surface area (Å²) in [7, 11) is -3.62. The number of benzene rings is 1. The lowest BCUT2D eigenvalue weighted by Crippen LogP contribution is -2.37. The van der Waals surface area contributed by atoms with Gasteiger partial charge in [-0.1, -0.05) is 34.6 Å². The zero-order valence-corrected chi connectivity index (χ0v) is 22.4. The first-order valence-corrected chi connectivity index (χ1v) is 13.5. The van der Waals surface area contributed by atoms with Crippen molar-refractivity contribution in [2.45, 2.75) is 52.5 Å². The first-order valence-electron chi connectivity index (χ1n) is 11.2. The standard InChI is InChI=1S/C23H34N4O3S2.ClH/c1-6-26-12-11-20-21(15-26)31-23(24-20)25-22(28)18-7-9-19(10-8-18)32(29,30)27(13-16(2)3)14-17(4)5;/h7-10,16-17H,6,11-15H2,1-5H3,(H,24,25,28);1H. The van der Waals surface area contributed by atoms with Crippen molar-refractivity contribution in [3.63, 3.8) is 0 Å². The number of hydrogen-bond acceptors (Lipinski definition) is 6. The molecule has 10 heteroatoms. The highest BCUT2D eigenvalue weighted by Crippen LogP contribution is 2.28. The molecule has 0 spiro atoms. The molecule has 0 bridgehead atoms. The third kappa shape index (κ3) is 6.99. The number of nitrogens with zero attached hydrogens (tertiary/aromatic N) is 3. The average Bonchev–Trinajstić information content (AvgIpc) is 3.13. The van der Waals surface area contributed by atoms with Gasteiger partial charge in [-0.25, -0.2) is 13.4 Å². The van der Waals surface area contributed by atoms with E-state index in [2.05, 4.69) is 22.1 Å². The molecular formula is C23H35ClN4O3S2. The summed E-state index contributed by atoms with van der Waals surface area (Å²) in [6.07, 6.45) is 0.894. The maximum absolute atomic E-state index is 13.2. The number of likely N-dealkylation sites (N-methyl/N-ethyl adjacent to an activating group) is 1. The molecule has 0 aliphatic carbocycles. The zero-order chi connectivity index (χ0) is 23.5. The van der Waals surface area contributed by atoms with Crippen molar-refractivity contribution in [3.05, 3.63) is 40.4 Å². The van der Waals surface area contributed by atoms with Crippen LogP contribution in [0.5, 0.6) is 0 Å². The molecule has 184 valence electrons. The van der Waals surface area contributed by atoms with Crippen LogP contribution in [0.2, 0.25) is 0 Å². The van der Waals surface area contributed by atoms with Gasteiger partial charge in [-0.05, 0) is 42.6 Å². The number of aromatic nitrogens is 1. The van der Waals surface area contributed by atoms with Crippen LogP contribution in [0.15, 0.2) is 29.2 Å². The molecule has 1 amide bonds. The molecule has 33 heavy (non-hydrogen) atoms. The van der Waals surface area contributed by atoms with Crippen LogP contribution in [0.4, 0.5) is 5.13 Å². The lowest BCUT2D eigenvalue weighted by molar-refractivity contribution is 0.102. The Morgan fingerprint density at radius 2 is 1.76 bits per heavy atom. The third-order valence-electron chi connectivity index (χ3n) is 5.37. The van der Waals surface area contributed by atoms with Gasteiger partial charge in [-0.2, -0.15) is 4.31 Å². The number of thiazole rings is 1. The molecule has 0 atom stereocenters. The number of rotatable bonds is 9. The van der Waals surface area contributed by atoms with Gasteiger partial charge >= 0.3 is 0 Å². The topological polar surface area (TPSA) is 82.6 Å². The molecule has 0 radical (unpaired) electrons. The number of carbonyl (C=O) groups excluding carboxylic acids is 1. The summed E-state index contributed by atoms with van der Waals surface area (Å²) < 4.78 is 27.8. The number of nitrogens with one attached hydrogen (secondary N) is 1. The minimum atomic E-state index is -3.62. The fraction of sp³-hybridized carbons (Fsp3) is 0.565. The smallest absolute Gasteiger partial charge is 0.257 e. The summed E-state index contributed by atoms with van der Waals surface area (Å²) in [6.45, 7) is 14.0. The summed E-state index contributed by atoms with van der Waals surface area (Å²) in [4.78, 5) is 21.1. The van der Waals surface area contributed by atoms with E-state index >= 15 is 0 Å². The van der Waals surface area contributed by atoms with Crippen molar-refractivity contribution in [1.29, 1.82) is 0 Å². The number of halogens is 1. The van der Waals surface area contributed by atoms with E-state index in [1.165, 1.54) is 32.7 Å². The highest BCUT2D eigenvalue weighted by Gasteiger charge is 2.26. The Labute approximate surface area is 208 Å². The van der Waals surface area contributed by atoms with Gasteiger partial charge in [0.05, 0.1) is 10.6 Å². The normalized spacial score (nSPS) is 14.4. The zero-order valence-electron chi connectivity index (χ0n) is 20.0. The van der Waals surface area contributed by atoms with Gasteiger partial charge in [0.2, 0.25) is 10.0 Å². The first-order chi connectivity index (χ1) is 15.1. The second-order valence-corrected chi connectivity index (χ2v) is 12.1. The maximum Gasteiger partial charge on any atom is 0.257 e. The first kappa shape index (κ1) is 27.7. The van der Waals surface area contributed by atoms with Crippen molar-refractivity contribution in [2.75, 3.05) is 31.5 Å². The summed E-state index contributed by atoms with van der Waals surface area (Å²) in [6, 6.07) is 6.17. The Morgan fingerprint density at radius 3 is 2.30 bits per heavy atom. The lowest BCUT2D eigenvalue weighted by atomic mass is 10.2. The number of sulfonamides is 1. The van der Waals surface area contributed by atoms with E-state index in [0.717, 1.165) is 31.7 Å². The van der Waals surface area contributed by atoms with Crippen LogP contribution in [0.1, 0.15) is 55.5 Å². The summed E-state index contributed by atoms with van der Waals surface area (Å²) in [5.74, 6) is 0.165. The van der Waals surface area contributed by atoms with Crippen LogP contribution in [0.3, 0.4) is 0 Å². The maximum atomic E-state index is 13.2. The molecule has 2 aromatic rings. The van der Waals surface area contributed by atoms with Gasteiger partial charge in [-0.15, -0.1) is 23.7 Å². The number of amides is 1. The van der Waals surface area contributed by atoms with E-state index in [1.54, 1.807) is 12.1 Å². The van der Waals surface area contributed by atoms with E-state index in [0.29, 0.717) is 23.8 Å². The van der Waals surface area contributed by atoms with E-state index in [1.807, 2.05) is 27.7 Å². The number of anilines is 1. The van der Waals surface area contributed by atoms with Crippen LogP contribution in [-0.4, -0.2) is 54.7 Å². The van der Waals surface area contributed by atoms with Crippen LogP contribution in [-0.2, 0) is 23.0 Å². The molecule has 0 saturated heterocycles. The molecule has 3 rings (SSSR count). The predicted molar refractivity (Wildman–Crippen MR) is 137 cm³/mol. The fourth-order valence-electron chi connectivity index (χ4n) is 3.75. The van der Waals surface area contributed by atoms with Crippen LogP contribution < -0.4 is 5.32 Å².